The predicted octanol–water partition coefficient (Wildman–Crippen LogP) is 1.39. The topological polar surface area (TPSA) is 43.1 Å². The van der Waals surface area contributed by atoms with Gasteiger partial charge in [-0.05, 0) is 24.4 Å². The molecule has 0 heterocycles. The van der Waals surface area contributed by atoms with Gasteiger partial charge in [0.1, 0.15) is 0 Å². The highest BCUT2D eigenvalue weighted by Crippen LogP contribution is 2.24. The second kappa shape index (κ2) is 3.30. The lowest BCUT2D eigenvalue weighted by molar-refractivity contribution is 0.0950. The van der Waals surface area contributed by atoms with Crippen LogP contribution in [-0.2, 0) is 6.42 Å². The molecule has 0 fully saturated rings. The molecule has 0 saturated heterocycles. The van der Waals surface area contributed by atoms with Crippen LogP contribution in [0.5, 0.6) is 0 Å². The summed E-state index contributed by atoms with van der Waals surface area (Å²) in [6.45, 7) is 0.611. The van der Waals surface area contributed by atoms with Gasteiger partial charge in [0.05, 0.1) is 0 Å². The second-order valence-electron chi connectivity index (χ2n) is 3.59. The average molecular weight is 175 g/mol. The molecule has 1 aromatic rings. The minimum atomic E-state index is 0.248. The highest BCUT2D eigenvalue weighted by Gasteiger charge is 2.23. The van der Waals surface area contributed by atoms with Crippen LogP contribution < -0.4 is 5.73 Å². The summed E-state index contributed by atoms with van der Waals surface area (Å²) in [7, 11) is 0. The lowest BCUT2D eigenvalue weighted by Crippen LogP contribution is -2.25. The molecule has 2 nitrogen and oxygen atoms in total. The molecule has 0 bridgehead atoms. The van der Waals surface area contributed by atoms with Crippen molar-refractivity contribution in [3.05, 3.63) is 35.4 Å². The number of carbonyl (C=O) groups is 1. The summed E-state index contributed by atoms with van der Waals surface area (Å²) in [5, 5.41) is 0. The molecule has 1 aliphatic rings. The van der Waals surface area contributed by atoms with Gasteiger partial charge >= 0.3 is 0 Å². The number of carbonyl (C=O) groups excluding carboxylic acids is 1. The van der Waals surface area contributed by atoms with Crippen molar-refractivity contribution in [1.29, 1.82) is 0 Å². The molecule has 0 amide bonds. The van der Waals surface area contributed by atoms with Crippen molar-refractivity contribution in [2.24, 2.45) is 11.7 Å². The Balaban J connectivity index is 2.37. The van der Waals surface area contributed by atoms with Crippen LogP contribution in [-0.4, -0.2) is 12.3 Å². The van der Waals surface area contributed by atoms with Crippen molar-refractivity contribution in [3.8, 4) is 0 Å². The third-order valence-corrected chi connectivity index (χ3v) is 2.63. The number of hydrogen-bond acceptors (Lipinski definition) is 2. The quantitative estimate of drug-likeness (QED) is 0.701. The Kier molecular flexibility index (Phi) is 2.15. The van der Waals surface area contributed by atoms with E-state index in [-0.39, 0.29) is 5.78 Å². The van der Waals surface area contributed by atoms with E-state index in [1.807, 2.05) is 24.3 Å². The zero-order chi connectivity index (χ0) is 9.26. The molecule has 0 aromatic heterocycles. The third-order valence-electron chi connectivity index (χ3n) is 2.63. The Morgan fingerprint density at radius 1 is 1.31 bits per heavy atom. The highest BCUT2D eigenvalue weighted by atomic mass is 16.1. The first-order chi connectivity index (χ1) is 6.31. The van der Waals surface area contributed by atoms with Crippen molar-refractivity contribution in [2.45, 2.75) is 12.8 Å². The molecular weight excluding hydrogens is 162 g/mol. The van der Waals surface area contributed by atoms with Crippen LogP contribution in [0.2, 0.25) is 0 Å². The van der Waals surface area contributed by atoms with Gasteiger partial charge in [-0.2, -0.15) is 0 Å². The van der Waals surface area contributed by atoms with Crippen LogP contribution in [0.25, 0.3) is 0 Å². The van der Waals surface area contributed by atoms with Crippen LogP contribution in [0.1, 0.15) is 22.3 Å². The standard InChI is InChI=1S/C11H13NO/c12-7-8-5-9-3-1-2-4-10(9)11(13)6-8/h1-4,8H,5-7,12H2. The number of hydrogen-bond donors (Lipinski definition) is 1. The molecule has 2 heteroatoms. The first-order valence-corrected chi connectivity index (χ1v) is 4.62. The van der Waals surface area contributed by atoms with E-state index < -0.39 is 0 Å². The Morgan fingerprint density at radius 3 is 2.85 bits per heavy atom. The Hall–Kier alpha value is -1.15. The van der Waals surface area contributed by atoms with Gasteiger partial charge < -0.3 is 5.73 Å². The summed E-state index contributed by atoms with van der Waals surface area (Å²) < 4.78 is 0. The van der Waals surface area contributed by atoms with Gasteiger partial charge in [-0.25, -0.2) is 0 Å². The maximum absolute atomic E-state index is 11.6. The van der Waals surface area contributed by atoms with E-state index >= 15 is 0 Å². The molecule has 13 heavy (non-hydrogen) atoms. The summed E-state index contributed by atoms with van der Waals surface area (Å²) in [5.41, 5.74) is 7.63. The number of fused-ring (bicyclic) bond motifs is 1. The van der Waals surface area contributed by atoms with Crippen molar-refractivity contribution >= 4 is 5.78 Å². The van der Waals surface area contributed by atoms with Gasteiger partial charge in [0.25, 0.3) is 0 Å². The molecule has 1 unspecified atom stereocenters. The maximum Gasteiger partial charge on any atom is 0.163 e. The lowest BCUT2D eigenvalue weighted by atomic mass is 9.83. The van der Waals surface area contributed by atoms with E-state index in [9.17, 15) is 4.79 Å². The number of nitrogens with two attached hydrogens (primary N) is 1. The summed E-state index contributed by atoms with van der Waals surface area (Å²) in [6, 6.07) is 7.82. The van der Waals surface area contributed by atoms with Gasteiger partial charge in [-0.3, -0.25) is 4.79 Å². The molecular formula is C11H13NO. The summed E-state index contributed by atoms with van der Waals surface area (Å²) in [6.07, 6.45) is 1.58. The number of benzene rings is 1. The lowest BCUT2D eigenvalue weighted by Gasteiger charge is -2.21. The minimum Gasteiger partial charge on any atom is -0.330 e. The molecule has 68 valence electrons. The third kappa shape index (κ3) is 1.49. The van der Waals surface area contributed by atoms with E-state index in [0.717, 1.165) is 17.5 Å². The normalized spacial score (nSPS) is 21.3. The highest BCUT2D eigenvalue weighted by molar-refractivity contribution is 5.98. The molecule has 0 aliphatic heterocycles. The monoisotopic (exact) mass is 175 g/mol. The van der Waals surface area contributed by atoms with Gasteiger partial charge in [0, 0.05) is 12.0 Å². The van der Waals surface area contributed by atoms with E-state index in [1.54, 1.807) is 0 Å². The van der Waals surface area contributed by atoms with Gasteiger partial charge in [-0.1, -0.05) is 24.3 Å². The number of ketones is 1. The average Bonchev–Trinajstić information content (AvgIpc) is 2.18. The van der Waals surface area contributed by atoms with Crippen LogP contribution in [0.3, 0.4) is 0 Å². The fourth-order valence-corrected chi connectivity index (χ4v) is 1.89. The van der Waals surface area contributed by atoms with Gasteiger partial charge in [0.15, 0.2) is 5.78 Å². The minimum absolute atomic E-state index is 0.248. The van der Waals surface area contributed by atoms with E-state index in [2.05, 4.69) is 0 Å². The van der Waals surface area contributed by atoms with Crippen molar-refractivity contribution in [3.63, 3.8) is 0 Å². The number of rotatable bonds is 1. The molecule has 0 spiro atoms. The van der Waals surface area contributed by atoms with Gasteiger partial charge in [-0.15, -0.1) is 0 Å². The Labute approximate surface area is 77.8 Å². The van der Waals surface area contributed by atoms with Crippen LogP contribution in [0, 0.1) is 5.92 Å². The fraction of sp³-hybridized carbons (Fsp3) is 0.364. The Bertz CT molecular complexity index is 333. The molecule has 2 N–H and O–H groups in total. The molecule has 1 atom stereocenters. The van der Waals surface area contributed by atoms with Crippen molar-refractivity contribution < 1.29 is 4.79 Å². The van der Waals surface area contributed by atoms with Crippen LogP contribution in [0.15, 0.2) is 24.3 Å². The zero-order valence-electron chi connectivity index (χ0n) is 7.49. The van der Waals surface area contributed by atoms with Crippen molar-refractivity contribution in [2.75, 3.05) is 6.54 Å². The molecule has 1 aliphatic carbocycles. The van der Waals surface area contributed by atoms with E-state index in [4.69, 9.17) is 5.73 Å². The van der Waals surface area contributed by atoms with Crippen LogP contribution >= 0.6 is 0 Å². The molecule has 1 aromatic carbocycles. The predicted molar refractivity (Wildman–Crippen MR) is 51.6 cm³/mol. The summed E-state index contributed by atoms with van der Waals surface area (Å²) in [4.78, 5) is 11.6. The zero-order valence-corrected chi connectivity index (χ0v) is 7.49. The summed E-state index contributed by atoms with van der Waals surface area (Å²) in [5.74, 6) is 0.597. The Morgan fingerprint density at radius 2 is 2.08 bits per heavy atom. The molecule has 2 rings (SSSR count). The van der Waals surface area contributed by atoms with Crippen LogP contribution in [0.4, 0.5) is 0 Å². The molecule has 0 saturated carbocycles. The second-order valence-corrected chi connectivity index (χ2v) is 3.59. The molecule has 0 radical (unpaired) electrons. The smallest absolute Gasteiger partial charge is 0.163 e. The largest absolute Gasteiger partial charge is 0.330 e. The van der Waals surface area contributed by atoms with Crippen molar-refractivity contribution in [1.82, 2.24) is 0 Å². The van der Waals surface area contributed by atoms with E-state index in [1.165, 1.54) is 0 Å². The maximum atomic E-state index is 11.6. The summed E-state index contributed by atoms with van der Waals surface area (Å²) >= 11 is 0. The SMILES string of the molecule is NCC1CC(=O)c2ccccc2C1. The van der Waals surface area contributed by atoms with Gasteiger partial charge in [0.2, 0.25) is 0 Å². The fourth-order valence-electron chi connectivity index (χ4n) is 1.89. The first-order valence-electron chi connectivity index (χ1n) is 4.62. The van der Waals surface area contributed by atoms with E-state index in [0.29, 0.717) is 18.9 Å². The number of Topliss-reactive ketones (excluding diaryl/α,β-unsaturated/α-hetero) is 1. The first kappa shape index (κ1) is 8.45.